The van der Waals surface area contributed by atoms with Gasteiger partial charge in [-0.2, -0.15) is 0 Å². The van der Waals surface area contributed by atoms with Crippen LogP contribution in [0.4, 0.5) is 0 Å². The van der Waals surface area contributed by atoms with E-state index >= 15 is 0 Å². The number of carboxylic acid groups (broad SMARTS) is 1. The summed E-state index contributed by atoms with van der Waals surface area (Å²) in [6.45, 7) is 1.95. The summed E-state index contributed by atoms with van der Waals surface area (Å²) in [6, 6.07) is 0. The number of hydrogen-bond donors (Lipinski definition) is 2. The number of amides is 1. The predicted molar refractivity (Wildman–Crippen MR) is 78.2 cm³/mol. The van der Waals surface area contributed by atoms with Crippen molar-refractivity contribution in [2.75, 3.05) is 6.54 Å². The molecule has 0 saturated carbocycles. The molecule has 0 aliphatic carbocycles. The quantitative estimate of drug-likeness (QED) is 0.430. The Hall–Kier alpha value is 0.200. The molecule has 4 nitrogen and oxygen atoms in total. The minimum absolute atomic E-state index is 0. The number of nitrogens with one attached hydrogen (secondary N) is 1. The van der Waals surface area contributed by atoms with E-state index in [0.29, 0.717) is 6.42 Å². The van der Waals surface area contributed by atoms with Crippen LogP contribution >= 0.6 is 0 Å². The molecule has 19 heavy (non-hydrogen) atoms. The van der Waals surface area contributed by atoms with Crippen LogP contribution < -0.4 is 5.32 Å². The fourth-order valence-corrected chi connectivity index (χ4v) is 1.86. The third-order valence-corrected chi connectivity index (χ3v) is 2.94. The smallest absolute Gasteiger partial charge is 0.480 e. The van der Waals surface area contributed by atoms with Crippen molar-refractivity contribution in [2.24, 2.45) is 0 Å². The molecule has 0 radical (unpaired) electrons. The van der Waals surface area contributed by atoms with E-state index in [1.807, 2.05) is 0 Å². The third kappa shape index (κ3) is 18.2. The molecule has 0 saturated heterocycles. The second-order valence-corrected chi connectivity index (χ2v) is 4.75. The molecule has 0 atom stereocenters. The van der Waals surface area contributed by atoms with Gasteiger partial charge in [-0.05, 0) is 6.42 Å². The van der Waals surface area contributed by atoms with Gasteiger partial charge in [0.15, 0.2) is 0 Å². The summed E-state index contributed by atoms with van der Waals surface area (Å²) < 4.78 is 0. The van der Waals surface area contributed by atoms with E-state index in [1.165, 1.54) is 44.9 Å². The summed E-state index contributed by atoms with van der Waals surface area (Å²) in [6.07, 6.45) is 11.4. The molecule has 0 aromatic heterocycles. The summed E-state index contributed by atoms with van der Waals surface area (Å²) in [5.74, 6) is -1.14. The second-order valence-electron chi connectivity index (χ2n) is 4.75. The van der Waals surface area contributed by atoms with Gasteiger partial charge in [0.05, 0.1) is 0 Å². The molecule has 0 aliphatic heterocycles. The number of aliphatic carboxylic acids is 1. The van der Waals surface area contributed by atoms with Gasteiger partial charge in [0.1, 0.15) is 6.54 Å². The maximum absolute atomic E-state index is 11.2. The number of rotatable bonds is 12. The molecule has 0 aromatic carbocycles. The Morgan fingerprint density at radius 1 is 0.895 bits per heavy atom. The van der Waals surface area contributed by atoms with Gasteiger partial charge >= 0.3 is 43.7 Å². The van der Waals surface area contributed by atoms with Crippen molar-refractivity contribution < 1.29 is 14.7 Å². The maximum Gasteiger partial charge on any atom is 2.00 e. The summed E-state index contributed by atoms with van der Waals surface area (Å²) in [5, 5.41) is 10.7. The number of unbranched alkanes of at least 4 members (excludes halogenated alkanes) is 8. The van der Waals surface area contributed by atoms with Gasteiger partial charge < -0.3 is 10.4 Å². The molecule has 0 spiro atoms. The molecular weight excluding hydrogens is 270 g/mol. The zero-order valence-electron chi connectivity index (χ0n) is 12.2. The normalized spacial score (nSPS) is 9.74. The Morgan fingerprint density at radius 2 is 1.37 bits per heavy atom. The van der Waals surface area contributed by atoms with Crippen LogP contribution in [0.5, 0.6) is 0 Å². The van der Waals surface area contributed by atoms with Gasteiger partial charge in [0.2, 0.25) is 5.91 Å². The van der Waals surface area contributed by atoms with Crippen LogP contribution in [-0.4, -0.2) is 61.3 Å². The van der Waals surface area contributed by atoms with Crippen LogP contribution in [-0.2, 0) is 9.59 Å². The Morgan fingerprint density at radius 3 is 1.84 bits per heavy atom. The van der Waals surface area contributed by atoms with Crippen LogP contribution in [0.25, 0.3) is 0 Å². The first-order valence-electron chi connectivity index (χ1n) is 7.15. The minimum Gasteiger partial charge on any atom is -0.480 e. The molecule has 0 rings (SSSR count). The Kier molecular flexibility index (Phi) is 18.4. The van der Waals surface area contributed by atoms with E-state index < -0.39 is 5.97 Å². The Balaban J connectivity index is 0. The molecule has 0 bridgehead atoms. The number of carbonyl (C=O) groups excluding carboxylic acids is 1. The van der Waals surface area contributed by atoms with Crippen LogP contribution in [0.2, 0.25) is 0 Å². The van der Waals surface area contributed by atoms with Crippen molar-refractivity contribution in [1.82, 2.24) is 5.32 Å². The molecule has 0 aliphatic rings. The summed E-state index contributed by atoms with van der Waals surface area (Å²) >= 11 is 0. The Bertz CT molecular complexity index is 235. The number of hydrogen-bond acceptors (Lipinski definition) is 2. The van der Waals surface area contributed by atoms with Gasteiger partial charge in [-0.15, -0.1) is 0 Å². The van der Waals surface area contributed by atoms with Crippen molar-refractivity contribution in [3.05, 3.63) is 0 Å². The summed E-state index contributed by atoms with van der Waals surface area (Å²) in [4.78, 5) is 21.4. The van der Waals surface area contributed by atoms with Crippen molar-refractivity contribution in [1.29, 1.82) is 0 Å². The van der Waals surface area contributed by atoms with Crippen molar-refractivity contribution >= 4 is 49.6 Å². The SMILES string of the molecule is CCCCCCCCCCCC(=O)NCC(=O)O.[Ca+2]. The first-order chi connectivity index (χ1) is 8.66. The molecule has 106 valence electrons. The van der Waals surface area contributed by atoms with Gasteiger partial charge in [-0.3, -0.25) is 9.59 Å². The van der Waals surface area contributed by atoms with E-state index in [9.17, 15) is 9.59 Å². The average Bonchev–Trinajstić information content (AvgIpc) is 2.34. The van der Waals surface area contributed by atoms with Crippen LogP contribution in [0.1, 0.15) is 71.1 Å². The van der Waals surface area contributed by atoms with Crippen LogP contribution in [0.15, 0.2) is 0 Å². The maximum atomic E-state index is 11.2. The first kappa shape index (κ1) is 21.5. The van der Waals surface area contributed by atoms with Gasteiger partial charge in [-0.25, -0.2) is 0 Å². The van der Waals surface area contributed by atoms with Crippen molar-refractivity contribution in [2.45, 2.75) is 71.1 Å². The molecular formula is C14H27CaNO3+2. The van der Waals surface area contributed by atoms with E-state index in [1.54, 1.807) is 0 Å². The molecule has 0 unspecified atom stereocenters. The fourth-order valence-electron chi connectivity index (χ4n) is 1.86. The van der Waals surface area contributed by atoms with Crippen LogP contribution in [0.3, 0.4) is 0 Å². The van der Waals surface area contributed by atoms with Gasteiger partial charge in [0.25, 0.3) is 0 Å². The van der Waals surface area contributed by atoms with Crippen LogP contribution in [0, 0.1) is 0 Å². The van der Waals surface area contributed by atoms with Gasteiger partial charge in [0, 0.05) is 6.42 Å². The van der Waals surface area contributed by atoms with Gasteiger partial charge in [-0.1, -0.05) is 58.3 Å². The molecule has 0 aromatic rings. The summed E-state index contributed by atoms with van der Waals surface area (Å²) in [7, 11) is 0. The summed E-state index contributed by atoms with van der Waals surface area (Å²) in [5.41, 5.74) is 0. The van der Waals surface area contributed by atoms with Crippen molar-refractivity contribution in [3.63, 3.8) is 0 Å². The minimum atomic E-state index is -0.990. The molecule has 1 amide bonds. The molecule has 2 N–H and O–H groups in total. The van der Waals surface area contributed by atoms with Crippen molar-refractivity contribution in [3.8, 4) is 0 Å². The van der Waals surface area contributed by atoms with E-state index in [-0.39, 0.29) is 50.2 Å². The fraction of sp³-hybridized carbons (Fsp3) is 0.857. The zero-order chi connectivity index (χ0) is 13.6. The largest absolute Gasteiger partial charge is 2.00 e. The zero-order valence-corrected chi connectivity index (χ0v) is 14.5. The standard InChI is InChI=1S/C14H27NO3.Ca/c1-2-3-4-5-6-7-8-9-10-11-13(16)15-12-14(17)18;/h2-12H2,1H3,(H,15,16)(H,17,18);/q;+2. The molecule has 0 fully saturated rings. The van der Waals surface area contributed by atoms with E-state index in [4.69, 9.17) is 5.11 Å². The third-order valence-electron chi connectivity index (χ3n) is 2.94. The Labute approximate surface area is 146 Å². The monoisotopic (exact) mass is 297 g/mol. The molecule has 5 heteroatoms. The molecule has 0 heterocycles. The number of carboxylic acids is 1. The predicted octanol–water partition coefficient (Wildman–Crippen LogP) is 2.73. The number of carbonyl (C=O) groups is 2. The van der Waals surface area contributed by atoms with E-state index in [2.05, 4.69) is 12.2 Å². The first-order valence-corrected chi connectivity index (χ1v) is 7.15. The van der Waals surface area contributed by atoms with E-state index in [0.717, 1.165) is 12.8 Å². The average molecular weight is 297 g/mol. The second kappa shape index (κ2) is 16.3. The topological polar surface area (TPSA) is 66.4 Å².